The number of halogens is 4. The van der Waals surface area contributed by atoms with Crippen molar-refractivity contribution < 1.29 is 27.5 Å². The van der Waals surface area contributed by atoms with Crippen molar-refractivity contribution in [1.29, 1.82) is 0 Å². The van der Waals surface area contributed by atoms with Gasteiger partial charge in [-0.05, 0) is 50.3 Å². The van der Waals surface area contributed by atoms with E-state index in [0.717, 1.165) is 23.4 Å². The summed E-state index contributed by atoms with van der Waals surface area (Å²) in [4.78, 5) is 18.8. The van der Waals surface area contributed by atoms with E-state index in [0.29, 0.717) is 49.9 Å². The lowest BCUT2D eigenvalue weighted by Gasteiger charge is -2.41. The van der Waals surface area contributed by atoms with Gasteiger partial charge in [-0.1, -0.05) is 20.8 Å². The van der Waals surface area contributed by atoms with Crippen LogP contribution in [0.5, 0.6) is 0 Å². The molecule has 6 nitrogen and oxygen atoms in total. The number of benzene rings is 1. The molecule has 2 aromatic heterocycles. The Balaban J connectivity index is 1.89. The smallest absolute Gasteiger partial charge is 0.416 e. The molecule has 1 aliphatic heterocycles. The lowest BCUT2D eigenvalue weighted by molar-refractivity contribution is -0.149. The quantitative estimate of drug-likeness (QED) is 0.438. The maximum absolute atomic E-state index is 14.7. The van der Waals surface area contributed by atoms with Crippen LogP contribution in [0.1, 0.15) is 62.8 Å². The number of nitrogens with zero attached hydrogens (tertiary/aromatic N) is 4. The van der Waals surface area contributed by atoms with Crippen molar-refractivity contribution in [3.8, 4) is 11.3 Å². The largest absolute Gasteiger partial charge is 0.481 e. The van der Waals surface area contributed by atoms with E-state index in [4.69, 9.17) is 0 Å². The molecule has 0 aliphatic carbocycles. The summed E-state index contributed by atoms with van der Waals surface area (Å²) in [6.07, 6.45) is -2.92. The molecule has 3 heterocycles. The molecule has 0 saturated carbocycles. The van der Waals surface area contributed by atoms with E-state index >= 15 is 0 Å². The molecule has 1 fully saturated rings. The number of carboxylic acids is 1. The number of carbonyl (C=O) groups is 1. The van der Waals surface area contributed by atoms with Crippen LogP contribution in [0.25, 0.3) is 16.9 Å². The number of hydrogen-bond donors (Lipinski definition) is 1. The highest BCUT2D eigenvalue weighted by atomic mass is 19.4. The van der Waals surface area contributed by atoms with Crippen molar-refractivity contribution in [2.75, 3.05) is 18.0 Å². The van der Waals surface area contributed by atoms with E-state index in [1.54, 1.807) is 10.6 Å². The van der Waals surface area contributed by atoms with Crippen molar-refractivity contribution in [1.82, 2.24) is 14.6 Å². The Morgan fingerprint density at radius 3 is 2.54 bits per heavy atom. The van der Waals surface area contributed by atoms with Crippen LogP contribution in [-0.2, 0) is 11.0 Å². The van der Waals surface area contributed by atoms with Gasteiger partial charge < -0.3 is 10.0 Å². The second kappa shape index (κ2) is 8.80. The highest BCUT2D eigenvalue weighted by Crippen LogP contribution is 2.40. The highest BCUT2D eigenvalue weighted by Gasteiger charge is 2.42. The van der Waals surface area contributed by atoms with E-state index < -0.39 is 28.9 Å². The lowest BCUT2D eigenvalue weighted by atomic mass is 9.77. The summed E-state index contributed by atoms with van der Waals surface area (Å²) in [7, 11) is 0. The first kappa shape index (κ1) is 24.9. The van der Waals surface area contributed by atoms with Gasteiger partial charge in [0, 0.05) is 36.0 Å². The standard InChI is InChI=1S/C25H28F4N4O2/c1-5-24(23(34)35)9-6-10-32(13-24)22-21(14(2)3)15(4)30-20-12-19(31-33(20)22)17-8-7-16(11-18(17)26)25(27,28)29/h7-8,11-12,14H,5-6,9-10,13H2,1-4H3,(H,34,35)/t24-/m0/s1. The zero-order chi connectivity index (χ0) is 25.7. The highest BCUT2D eigenvalue weighted by molar-refractivity contribution is 5.76. The fraction of sp³-hybridized carbons (Fsp3) is 0.480. The first-order chi connectivity index (χ1) is 16.4. The Kier molecular flexibility index (Phi) is 6.27. The molecule has 4 rings (SSSR count). The minimum absolute atomic E-state index is 0.0418. The fourth-order valence-electron chi connectivity index (χ4n) is 5.05. The van der Waals surface area contributed by atoms with Crippen molar-refractivity contribution >= 4 is 17.4 Å². The third-order valence-corrected chi connectivity index (χ3v) is 6.96. The summed E-state index contributed by atoms with van der Waals surface area (Å²) in [6.45, 7) is 8.66. The van der Waals surface area contributed by atoms with Gasteiger partial charge in [0.15, 0.2) is 5.65 Å². The minimum atomic E-state index is -4.65. The van der Waals surface area contributed by atoms with Crippen LogP contribution in [0.2, 0.25) is 0 Å². The Morgan fingerprint density at radius 2 is 1.97 bits per heavy atom. The number of hydrogen-bond acceptors (Lipinski definition) is 4. The molecule has 1 aliphatic rings. The molecule has 35 heavy (non-hydrogen) atoms. The molecule has 0 radical (unpaired) electrons. The second-order valence-electron chi connectivity index (χ2n) is 9.55. The van der Waals surface area contributed by atoms with Gasteiger partial charge in [-0.25, -0.2) is 9.37 Å². The number of piperidine rings is 1. The first-order valence-corrected chi connectivity index (χ1v) is 11.6. The van der Waals surface area contributed by atoms with E-state index in [9.17, 15) is 27.5 Å². The monoisotopic (exact) mass is 492 g/mol. The van der Waals surface area contributed by atoms with Gasteiger partial charge in [0.1, 0.15) is 11.6 Å². The lowest BCUT2D eigenvalue weighted by Crippen LogP contribution is -2.48. The number of carboxylic acid groups (broad SMARTS) is 1. The molecular weight excluding hydrogens is 464 g/mol. The fourth-order valence-corrected chi connectivity index (χ4v) is 5.05. The van der Waals surface area contributed by atoms with Crippen molar-refractivity contribution in [3.05, 3.63) is 46.9 Å². The van der Waals surface area contributed by atoms with Crippen LogP contribution in [0.4, 0.5) is 23.4 Å². The molecule has 0 amide bonds. The molecule has 0 unspecified atom stereocenters. The summed E-state index contributed by atoms with van der Waals surface area (Å²) < 4.78 is 55.3. The van der Waals surface area contributed by atoms with Gasteiger partial charge >= 0.3 is 12.1 Å². The molecule has 1 aromatic carbocycles. The number of aromatic nitrogens is 3. The number of aryl methyl sites for hydroxylation is 1. The van der Waals surface area contributed by atoms with Gasteiger partial charge in [-0.15, -0.1) is 0 Å². The van der Waals surface area contributed by atoms with Gasteiger partial charge in [0.25, 0.3) is 0 Å². The third-order valence-electron chi connectivity index (χ3n) is 6.96. The predicted octanol–water partition coefficient (Wildman–Crippen LogP) is 6.07. The number of rotatable bonds is 5. The molecule has 1 N–H and O–H groups in total. The SMILES string of the molecule is CC[C@]1(C(=O)O)CCCN(c2c(C(C)C)c(C)nc3cc(-c4ccc(C(F)(F)F)cc4F)nn23)C1. The molecule has 3 aromatic rings. The summed E-state index contributed by atoms with van der Waals surface area (Å²) >= 11 is 0. The van der Waals surface area contributed by atoms with Gasteiger partial charge in [0.2, 0.25) is 0 Å². The summed E-state index contributed by atoms with van der Waals surface area (Å²) in [5, 5.41) is 14.5. The zero-order valence-corrected chi connectivity index (χ0v) is 20.1. The molecule has 0 spiro atoms. The Labute approximate surface area is 200 Å². The van der Waals surface area contributed by atoms with Gasteiger partial charge in [-0.3, -0.25) is 4.79 Å². The first-order valence-electron chi connectivity index (χ1n) is 11.6. The second-order valence-corrected chi connectivity index (χ2v) is 9.55. The molecule has 1 atom stereocenters. The van der Waals surface area contributed by atoms with E-state index in [1.165, 1.54) is 0 Å². The average Bonchev–Trinajstić information content (AvgIpc) is 3.20. The molecule has 188 valence electrons. The van der Waals surface area contributed by atoms with Gasteiger partial charge in [-0.2, -0.15) is 22.8 Å². The summed E-state index contributed by atoms with van der Waals surface area (Å²) in [5.74, 6) is -1.13. The zero-order valence-electron chi connectivity index (χ0n) is 20.1. The maximum atomic E-state index is 14.7. The number of anilines is 1. The van der Waals surface area contributed by atoms with Crippen LogP contribution < -0.4 is 4.90 Å². The molecule has 0 bridgehead atoms. The maximum Gasteiger partial charge on any atom is 0.416 e. The third kappa shape index (κ3) is 4.34. The van der Waals surface area contributed by atoms with Crippen molar-refractivity contribution in [2.24, 2.45) is 5.41 Å². The Hall–Kier alpha value is -3.17. The van der Waals surface area contributed by atoms with E-state index in [2.05, 4.69) is 10.1 Å². The topological polar surface area (TPSA) is 70.7 Å². The number of alkyl halides is 3. The minimum Gasteiger partial charge on any atom is -0.481 e. The molecular formula is C25H28F4N4O2. The Morgan fingerprint density at radius 1 is 1.26 bits per heavy atom. The van der Waals surface area contributed by atoms with Crippen LogP contribution >= 0.6 is 0 Å². The summed E-state index contributed by atoms with van der Waals surface area (Å²) in [5.41, 5.74) is 0.178. The van der Waals surface area contributed by atoms with Crippen molar-refractivity contribution in [2.45, 2.75) is 59.1 Å². The van der Waals surface area contributed by atoms with E-state index in [-0.39, 0.29) is 17.2 Å². The number of aliphatic carboxylic acids is 1. The van der Waals surface area contributed by atoms with Crippen LogP contribution in [0, 0.1) is 18.2 Å². The average molecular weight is 493 g/mol. The van der Waals surface area contributed by atoms with Crippen LogP contribution in [-0.4, -0.2) is 38.8 Å². The van der Waals surface area contributed by atoms with E-state index in [1.807, 2.05) is 32.6 Å². The normalized spacial score (nSPS) is 19.1. The number of fused-ring (bicyclic) bond motifs is 1. The van der Waals surface area contributed by atoms with Crippen molar-refractivity contribution in [3.63, 3.8) is 0 Å². The predicted molar refractivity (Wildman–Crippen MR) is 124 cm³/mol. The summed E-state index contributed by atoms with van der Waals surface area (Å²) in [6, 6.07) is 3.91. The van der Waals surface area contributed by atoms with Crippen LogP contribution in [0.3, 0.4) is 0 Å². The molecule has 10 heteroatoms. The van der Waals surface area contributed by atoms with Gasteiger partial charge in [0.05, 0.1) is 16.7 Å². The Bertz CT molecular complexity index is 1280. The molecule has 1 saturated heterocycles. The van der Waals surface area contributed by atoms with Crippen LogP contribution in [0.15, 0.2) is 24.3 Å².